The Morgan fingerprint density at radius 3 is 2.55 bits per heavy atom. The van der Waals surface area contributed by atoms with Crippen LogP contribution in [0, 0.1) is 19.7 Å². The number of aromatic amines is 1. The summed E-state index contributed by atoms with van der Waals surface area (Å²) in [7, 11) is 3.07. The van der Waals surface area contributed by atoms with E-state index in [2.05, 4.69) is 15.6 Å². The van der Waals surface area contributed by atoms with E-state index in [1.54, 1.807) is 19.9 Å². The van der Waals surface area contributed by atoms with Gasteiger partial charge in [-0.05, 0) is 50.6 Å². The quantitative estimate of drug-likeness (QED) is 0.544. The summed E-state index contributed by atoms with van der Waals surface area (Å²) in [6, 6.07) is 2.93. The molecule has 2 heterocycles. The van der Waals surface area contributed by atoms with Gasteiger partial charge >= 0.3 is 0 Å². The Labute approximate surface area is 179 Å². The standard InChI is InChI=1S/C22H25FN4O4/c1-10-17(9-15-14-8-13(23)6-7-16(14)25-20(15)29)24-11(2)18(10)21(30)26-19(12(3)28)22(31)27(4)5/h6-9,12,19,24,28H,1-5H3,(H,25,29)(H,26,30)/b15-9-/t12?,19-/m0/s1. The van der Waals surface area contributed by atoms with Crippen LogP contribution in [-0.2, 0) is 9.59 Å². The number of aliphatic hydroxyl groups excluding tert-OH is 1. The number of hydrogen-bond acceptors (Lipinski definition) is 4. The van der Waals surface area contributed by atoms with E-state index in [-0.39, 0.29) is 11.5 Å². The van der Waals surface area contributed by atoms with Crippen molar-refractivity contribution in [3.05, 3.63) is 52.1 Å². The van der Waals surface area contributed by atoms with E-state index in [0.717, 1.165) is 0 Å². The fourth-order valence-electron chi connectivity index (χ4n) is 3.59. The molecule has 0 saturated heterocycles. The predicted molar refractivity (Wildman–Crippen MR) is 115 cm³/mol. The highest BCUT2D eigenvalue weighted by atomic mass is 19.1. The van der Waals surface area contributed by atoms with Crippen LogP contribution in [0.4, 0.5) is 10.1 Å². The molecular formula is C22H25FN4O4. The second kappa shape index (κ2) is 8.35. The molecule has 8 nitrogen and oxygen atoms in total. The Kier molecular flexibility index (Phi) is 5.99. The summed E-state index contributed by atoms with van der Waals surface area (Å²) < 4.78 is 13.7. The maximum atomic E-state index is 13.7. The van der Waals surface area contributed by atoms with Gasteiger partial charge in [-0.2, -0.15) is 0 Å². The van der Waals surface area contributed by atoms with Crippen LogP contribution in [-0.4, -0.2) is 59.0 Å². The topological polar surface area (TPSA) is 115 Å². The number of fused-ring (bicyclic) bond motifs is 1. The number of nitrogens with zero attached hydrogens (tertiary/aromatic N) is 1. The van der Waals surface area contributed by atoms with Crippen LogP contribution in [0.2, 0.25) is 0 Å². The van der Waals surface area contributed by atoms with Gasteiger partial charge in [0.1, 0.15) is 11.9 Å². The molecule has 1 aliphatic heterocycles. The second-order valence-electron chi connectivity index (χ2n) is 7.79. The van der Waals surface area contributed by atoms with Crippen LogP contribution in [0.25, 0.3) is 11.6 Å². The molecule has 2 aromatic rings. The third-order valence-electron chi connectivity index (χ3n) is 5.23. The van der Waals surface area contributed by atoms with Gasteiger partial charge in [-0.3, -0.25) is 14.4 Å². The van der Waals surface area contributed by atoms with Crippen LogP contribution < -0.4 is 10.6 Å². The van der Waals surface area contributed by atoms with Crippen molar-refractivity contribution in [3.8, 4) is 0 Å². The van der Waals surface area contributed by atoms with Gasteiger partial charge in [0.05, 0.1) is 17.2 Å². The highest BCUT2D eigenvalue weighted by Crippen LogP contribution is 2.34. The monoisotopic (exact) mass is 428 g/mol. The van der Waals surface area contributed by atoms with Crippen LogP contribution in [0.1, 0.15) is 39.8 Å². The number of carbonyl (C=O) groups excluding carboxylic acids is 3. The molecule has 4 N–H and O–H groups in total. The van der Waals surface area contributed by atoms with Gasteiger partial charge in [-0.25, -0.2) is 4.39 Å². The molecule has 0 spiro atoms. The first-order valence-electron chi connectivity index (χ1n) is 9.73. The molecule has 0 fully saturated rings. The third kappa shape index (κ3) is 4.22. The van der Waals surface area contributed by atoms with Crippen molar-refractivity contribution in [2.24, 2.45) is 0 Å². The highest BCUT2D eigenvalue weighted by Gasteiger charge is 2.30. The fraction of sp³-hybridized carbons (Fsp3) is 0.318. The van der Waals surface area contributed by atoms with Crippen molar-refractivity contribution in [2.45, 2.75) is 32.9 Å². The number of rotatable bonds is 5. The maximum absolute atomic E-state index is 13.7. The van der Waals surface area contributed by atoms with E-state index in [1.165, 1.54) is 44.1 Å². The zero-order valence-corrected chi connectivity index (χ0v) is 18.0. The first-order chi connectivity index (χ1) is 14.5. The zero-order valence-electron chi connectivity index (χ0n) is 18.0. The molecule has 3 amide bonds. The lowest BCUT2D eigenvalue weighted by Crippen LogP contribution is -2.52. The molecule has 1 aromatic carbocycles. The number of likely N-dealkylation sites (N-methyl/N-ethyl adjacent to an activating group) is 1. The molecule has 3 rings (SSSR count). The Morgan fingerprint density at radius 1 is 1.26 bits per heavy atom. The number of amides is 3. The number of hydrogen-bond donors (Lipinski definition) is 4. The molecular weight excluding hydrogens is 403 g/mol. The highest BCUT2D eigenvalue weighted by molar-refractivity contribution is 6.34. The van der Waals surface area contributed by atoms with E-state index < -0.39 is 29.8 Å². The zero-order chi connectivity index (χ0) is 23.0. The fourth-order valence-corrected chi connectivity index (χ4v) is 3.59. The normalized spacial score (nSPS) is 16.0. The summed E-state index contributed by atoms with van der Waals surface area (Å²) in [6.45, 7) is 4.82. The number of benzene rings is 1. The van der Waals surface area contributed by atoms with Gasteiger partial charge in [0.15, 0.2) is 0 Å². The molecule has 0 radical (unpaired) electrons. The average molecular weight is 428 g/mol. The van der Waals surface area contributed by atoms with Crippen molar-refractivity contribution >= 4 is 35.1 Å². The predicted octanol–water partition coefficient (Wildman–Crippen LogP) is 1.83. The summed E-state index contributed by atoms with van der Waals surface area (Å²) in [5.74, 6) is -1.79. The van der Waals surface area contributed by atoms with Gasteiger partial charge in [0, 0.05) is 36.7 Å². The van der Waals surface area contributed by atoms with Gasteiger partial charge < -0.3 is 25.6 Å². The molecule has 164 valence electrons. The number of carbonyl (C=O) groups is 3. The van der Waals surface area contributed by atoms with Gasteiger partial charge in [-0.1, -0.05) is 0 Å². The number of halogens is 1. The minimum absolute atomic E-state index is 0.274. The van der Waals surface area contributed by atoms with E-state index in [9.17, 15) is 23.9 Å². The van der Waals surface area contributed by atoms with E-state index in [0.29, 0.717) is 33.8 Å². The number of anilines is 1. The van der Waals surface area contributed by atoms with Crippen molar-refractivity contribution in [2.75, 3.05) is 19.4 Å². The van der Waals surface area contributed by atoms with Gasteiger partial charge in [-0.15, -0.1) is 0 Å². The van der Waals surface area contributed by atoms with E-state index in [1.807, 2.05) is 0 Å². The Morgan fingerprint density at radius 2 is 1.94 bits per heavy atom. The number of aliphatic hydroxyl groups is 1. The smallest absolute Gasteiger partial charge is 0.256 e. The molecule has 2 atom stereocenters. The number of nitrogens with one attached hydrogen (secondary N) is 3. The Bertz CT molecular complexity index is 1100. The second-order valence-corrected chi connectivity index (χ2v) is 7.79. The molecule has 1 aromatic heterocycles. The average Bonchev–Trinajstić information content (AvgIpc) is 3.14. The Hall–Kier alpha value is -3.46. The van der Waals surface area contributed by atoms with E-state index in [4.69, 9.17) is 0 Å². The van der Waals surface area contributed by atoms with Crippen LogP contribution >= 0.6 is 0 Å². The van der Waals surface area contributed by atoms with Crippen LogP contribution in [0.5, 0.6) is 0 Å². The summed E-state index contributed by atoms with van der Waals surface area (Å²) in [6.07, 6.45) is 0.477. The minimum atomic E-state index is -1.10. The van der Waals surface area contributed by atoms with Gasteiger partial charge in [0.2, 0.25) is 5.91 Å². The summed E-state index contributed by atoms with van der Waals surface area (Å²) in [4.78, 5) is 42.0. The summed E-state index contributed by atoms with van der Waals surface area (Å²) in [5.41, 5.74) is 3.13. The number of aryl methyl sites for hydroxylation is 1. The largest absolute Gasteiger partial charge is 0.391 e. The Balaban J connectivity index is 1.96. The number of aromatic nitrogens is 1. The summed E-state index contributed by atoms with van der Waals surface area (Å²) >= 11 is 0. The number of H-pyrrole nitrogens is 1. The molecule has 0 aliphatic carbocycles. The first-order valence-corrected chi connectivity index (χ1v) is 9.73. The molecule has 1 unspecified atom stereocenters. The molecule has 0 bridgehead atoms. The minimum Gasteiger partial charge on any atom is -0.391 e. The van der Waals surface area contributed by atoms with Crippen molar-refractivity contribution in [1.82, 2.24) is 15.2 Å². The SMILES string of the molecule is Cc1[nH]c(/C=C2\C(=O)Nc3ccc(F)cc32)c(C)c1C(=O)N[C@H](C(=O)N(C)C)C(C)O. The molecule has 9 heteroatoms. The third-order valence-corrected chi connectivity index (χ3v) is 5.23. The summed E-state index contributed by atoms with van der Waals surface area (Å²) in [5, 5.41) is 15.2. The lowest BCUT2D eigenvalue weighted by Gasteiger charge is -2.24. The van der Waals surface area contributed by atoms with Gasteiger partial charge in [0.25, 0.3) is 11.8 Å². The first kappa shape index (κ1) is 22.2. The molecule has 31 heavy (non-hydrogen) atoms. The lowest BCUT2D eigenvalue weighted by atomic mass is 10.0. The molecule has 1 aliphatic rings. The van der Waals surface area contributed by atoms with Crippen molar-refractivity contribution in [3.63, 3.8) is 0 Å². The van der Waals surface area contributed by atoms with Crippen molar-refractivity contribution < 1.29 is 23.9 Å². The van der Waals surface area contributed by atoms with Crippen LogP contribution in [0.15, 0.2) is 18.2 Å². The van der Waals surface area contributed by atoms with E-state index >= 15 is 0 Å². The van der Waals surface area contributed by atoms with Crippen LogP contribution in [0.3, 0.4) is 0 Å². The van der Waals surface area contributed by atoms with Crippen molar-refractivity contribution in [1.29, 1.82) is 0 Å². The molecule has 0 saturated carbocycles. The maximum Gasteiger partial charge on any atom is 0.256 e. The lowest BCUT2D eigenvalue weighted by molar-refractivity contribution is -0.133.